The lowest BCUT2D eigenvalue weighted by Crippen LogP contribution is -2.34. The van der Waals surface area contributed by atoms with Crippen molar-refractivity contribution in [3.05, 3.63) is 23.5 Å². The van der Waals surface area contributed by atoms with Gasteiger partial charge in [0, 0.05) is 25.0 Å². The van der Waals surface area contributed by atoms with Crippen LogP contribution in [-0.2, 0) is 0 Å². The molecule has 0 saturated heterocycles. The van der Waals surface area contributed by atoms with Crippen molar-refractivity contribution in [3.63, 3.8) is 0 Å². The van der Waals surface area contributed by atoms with Crippen LogP contribution in [0, 0.1) is 6.92 Å². The van der Waals surface area contributed by atoms with E-state index >= 15 is 0 Å². The van der Waals surface area contributed by atoms with Gasteiger partial charge in [0.05, 0.1) is 11.3 Å². The molecule has 1 aromatic rings. The van der Waals surface area contributed by atoms with Gasteiger partial charge in [-0.3, -0.25) is 9.78 Å². The van der Waals surface area contributed by atoms with Crippen molar-refractivity contribution in [3.8, 4) is 0 Å². The number of aromatic nitrogens is 1. The molecule has 0 aliphatic heterocycles. The van der Waals surface area contributed by atoms with Crippen molar-refractivity contribution in [2.24, 2.45) is 0 Å². The molecule has 2 N–H and O–H groups in total. The summed E-state index contributed by atoms with van der Waals surface area (Å²) in [7, 11) is 1.83. The monoisotopic (exact) mass is 261 g/mol. The summed E-state index contributed by atoms with van der Waals surface area (Å²) in [5.74, 6) is -0.0104. The number of nitrogens with zero attached hydrogens (tertiary/aromatic N) is 1. The highest BCUT2D eigenvalue weighted by atomic mass is 16.1. The highest BCUT2D eigenvalue weighted by Gasteiger charge is 2.18. The highest BCUT2D eigenvalue weighted by Crippen LogP contribution is 2.19. The number of aryl methyl sites for hydroxylation is 1. The average molecular weight is 261 g/mol. The van der Waals surface area contributed by atoms with Gasteiger partial charge >= 0.3 is 0 Å². The Hall–Kier alpha value is -1.58. The maximum absolute atomic E-state index is 12.3. The number of carbonyl (C=O) groups is 1. The topological polar surface area (TPSA) is 54.0 Å². The van der Waals surface area contributed by atoms with E-state index in [4.69, 9.17) is 0 Å². The van der Waals surface area contributed by atoms with Gasteiger partial charge in [-0.2, -0.15) is 0 Å². The molecule has 0 atom stereocenters. The second-order valence-electron chi connectivity index (χ2n) is 5.28. The molecule has 1 amide bonds. The van der Waals surface area contributed by atoms with Crippen LogP contribution in [0.3, 0.4) is 0 Å². The molecule has 0 bridgehead atoms. The number of anilines is 1. The molecule has 0 radical (unpaired) electrons. The van der Waals surface area contributed by atoms with Gasteiger partial charge in [-0.15, -0.1) is 0 Å². The molecule has 1 aromatic heterocycles. The third kappa shape index (κ3) is 3.69. The van der Waals surface area contributed by atoms with E-state index in [1.807, 2.05) is 20.0 Å². The standard InChI is InChI=1S/C15H23N3O/c1-11-9-14(16-2)13(10-17-11)15(19)18-12-7-5-3-4-6-8-12/h9-10,12H,3-8H2,1-2H3,(H,16,17)(H,18,19). The number of amides is 1. The Morgan fingerprint density at radius 2 is 1.95 bits per heavy atom. The number of pyridine rings is 1. The van der Waals surface area contributed by atoms with Gasteiger partial charge in [-0.25, -0.2) is 0 Å². The fourth-order valence-corrected chi connectivity index (χ4v) is 2.63. The van der Waals surface area contributed by atoms with E-state index in [0.717, 1.165) is 24.2 Å². The zero-order valence-corrected chi connectivity index (χ0v) is 11.8. The van der Waals surface area contributed by atoms with Gasteiger partial charge in [0.25, 0.3) is 5.91 Å². The molecule has 1 fully saturated rings. The van der Waals surface area contributed by atoms with Crippen molar-refractivity contribution in [2.75, 3.05) is 12.4 Å². The molecule has 4 nitrogen and oxygen atoms in total. The molecule has 0 unspecified atom stereocenters. The van der Waals surface area contributed by atoms with Crippen LogP contribution in [0.5, 0.6) is 0 Å². The van der Waals surface area contributed by atoms with Crippen LogP contribution in [-0.4, -0.2) is 24.0 Å². The number of hydrogen-bond donors (Lipinski definition) is 2. The molecule has 1 aliphatic rings. The van der Waals surface area contributed by atoms with Crippen LogP contribution in [0.4, 0.5) is 5.69 Å². The first-order valence-corrected chi connectivity index (χ1v) is 7.16. The van der Waals surface area contributed by atoms with E-state index in [2.05, 4.69) is 15.6 Å². The highest BCUT2D eigenvalue weighted by molar-refractivity contribution is 5.99. The SMILES string of the molecule is CNc1cc(C)ncc1C(=O)NC1CCCCCC1. The fraction of sp³-hybridized carbons (Fsp3) is 0.600. The summed E-state index contributed by atoms with van der Waals surface area (Å²) in [6.45, 7) is 1.92. The van der Waals surface area contributed by atoms with E-state index in [9.17, 15) is 4.79 Å². The molecule has 19 heavy (non-hydrogen) atoms. The molecule has 1 saturated carbocycles. The Labute approximate surface area is 115 Å². The Morgan fingerprint density at radius 3 is 2.58 bits per heavy atom. The van der Waals surface area contributed by atoms with E-state index in [1.165, 1.54) is 25.7 Å². The van der Waals surface area contributed by atoms with Crippen molar-refractivity contribution in [2.45, 2.75) is 51.5 Å². The Morgan fingerprint density at radius 1 is 1.26 bits per heavy atom. The second kappa shape index (κ2) is 6.55. The first-order chi connectivity index (χ1) is 9.20. The van der Waals surface area contributed by atoms with Crippen LogP contribution in [0.1, 0.15) is 54.6 Å². The van der Waals surface area contributed by atoms with Crippen LogP contribution < -0.4 is 10.6 Å². The van der Waals surface area contributed by atoms with E-state index in [0.29, 0.717) is 11.6 Å². The number of nitrogens with one attached hydrogen (secondary N) is 2. The summed E-state index contributed by atoms with van der Waals surface area (Å²) in [6, 6.07) is 2.23. The number of hydrogen-bond acceptors (Lipinski definition) is 3. The van der Waals surface area contributed by atoms with Gasteiger partial charge in [0.1, 0.15) is 0 Å². The first kappa shape index (κ1) is 13.8. The molecular formula is C15H23N3O. The lowest BCUT2D eigenvalue weighted by molar-refractivity contribution is 0.0934. The summed E-state index contributed by atoms with van der Waals surface area (Å²) in [4.78, 5) is 16.5. The van der Waals surface area contributed by atoms with Crippen molar-refractivity contribution in [1.82, 2.24) is 10.3 Å². The lowest BCUT2D eigenvalue weighted by atomic mass is 10.1. The third-order valence-corrected chi connectivity index (χ3v) is 3.75. The lowest BCUT2D eigenvalue weighted by Gasteiger charge is -2.17. The minimum Gasteiger partial charge on any atom is -0.387 e. The summed E-state index contributed by atoms with van der Waals surface area (Å²) in [5, 5.41) is 6.22. The Balaban J connectivity index is 2.06. The second-order valence-corrected chi connectivity index (χ2v) is 5.28. The maximum Gasteiger partial charge on any atom is 0.255 e. The van der Waals surface area contributed by atoms with Gasteiger partial charge in [-0.1, -0.05) is 25.7 Å². The molecule has 1 aliphatic carbocycles. The van der Waals surface area contributed by atoms with Crippen molar-refractivity contribution >= 4 is 11.6 Å². The van der Waals surface area contributed by atoms with Gasteiger partial charge in [-0.05, 0) is 25.8 Å². The van der Waals surface area contributed by atoms with Crippen molar-refractivity contribution in [1.29, 1.82) is 0 Å². The van der Waals surface area contributed by atoms with Crippen LogP contribution in [0.2, 0.25) is 0 Å². The van der Waals surface area contributed by atoms with E-state index < -0.39 is 0 Å². The smallest absolute Gasteiger partial charge is 0.255 e. The molecule has 2 rings (SSSR count). The van der Waals surface area contributed by atoms with Crippen LogP contribution >= 0.6 is 0 Å². The van der Waals surface area contributed by atoms with Gasteiger partial charge < -0.3 is 10.6 Å². The first-order valence-electron chi connectivity index (χ1n) is 7.16. The zero-order valence-electron chi connectivity index (χ0n) is 11.8. The van der Waals surface area contributed by atoms with E-state index in [1.54, 1.807) is 6.20 Å². The minimum atomic E-state index is -0.0104. The van der Waals surface area contributed by atoms with Crippen LogP contribution in [0.25, 0.3) is 0 Å². The average Bonchev–Trinajstić information content (AvgIpc) is 2.67. The molecule has 0 spiro atoms. The van der Waals surface area contributed by atoms with Crippen molar-refractivity contribution < 1.29 is 4.79 Å². The fourth-order valence-electron chi connectivity index (χ4n) is 2.63. The summed E-state index contributed by atoms with van der Waals surface area (Å²) >= 11 is 0. The largest absolute Gasteiger partial charge is 0.387 e. The normalized spacial score (nSPS) is 16.7. The van der Waals surface area contributed by atoms with E-state index in [-0.39, 0.29) is 5.91 Å². The number of rotatable bonds is 3. The zero-order chi connectivity index (χ0) is 13.7. The van der Waals surface area contributed by atoms with Crippen LogP contribution in [0.15, 0.2) is 12.3 Å². The molecular weight excluding hydrogens is 238 g/mol. The molecule has 104 valence electrons. The predicted molar refractivity (Wildman–Crippen MR) is 77.5 cm³/mol. The molecule has 4 heteroatoms. The minimum absolute atomic E-state index is 0.0104. The summed E-state index contributed by atoms with van der Waals surface area (Å²) in [5.41, 5.74) is 2.39. The van der Waals surface area contributed by atoms with Gasteiger partial charge in [0.2, 0.25) is 0 Å². The third-order valence-electron chi connectivity index (χ3n) is 3.75. The number of carbonyl (C=O) groups excluding carboxylic acids is 1. The summed E-state index contributed by atoms with van der Waals surface area (Å²) < 4.78 is 0. The summed E-state index contributed by atoms with van der Waals surface area (Å²) in [6.07, 6.45) is 8.87. The Bertz CT molecular complexity index is 437. The quantitative estimate of drug-likeness (QED) is 0.823. The molecule has 0 aromatic carbocycles. The predicted octanol–water partition coefficient (Wildman–Crippen LogP) is 2.88. The maximum atomic E-state index is 12.3. The van der Waals surface area contributed by atoms with Gasteiger partial charge in [0.15, 0.2) is 0 Å². The molecule has 1 heterocycles. The Kier molecular flexibility index (Phi) is 4.77.